The third kappa shape index (κ3) is 6.39. The minimum atomic E-state index is -4.98. The number of carbonyl (C=O) groups excluding carboxylic acids is 2. The van der Waals surface area contributed by atoms with E-state index < -0.39 is 53.6 Å². The molecule has 2 N–H and O–H groups in total. The SMILES string of the molecule is O=C(CN(Cc1cccc(O)c1)C(=O)c1cnn([C@H]2CC[C@H](C(=O)O)CC2)c1C(F)(F)F)c1c(Cl)cncc1Cl. The van der Waals surface area contributed by atoms with E-state index in [4.69, 9.17) is 23.2 Å². The number of benzene rings is 1. The predicted octanol–water partition coefficient (Wildman–Crippen LogP) is 5.65. The normalized spacial score (nSPS) is 17.4. The molecule has 1 saturated carbocycles. The molecule has 0 atom stereocenters. The molecule has 0 radical (unpaired) electrons. The maximum absolute atomic E-state index is 14.4. The Morgan fingerprint density at radius 3 is 2.27 bits per heavy atom. The third-order valence-corrected chi connectivity index (χ3v) is 7.30. The number of hydrogen-bond donors (Lipinski definition) is 2. The fraction of sp³-hybridized carbons (Fsp3) is 0.346. The van der Waals surface area contributed by atoms with Gasteiger partial charge in [-0.05, 0) is 43.4 Å². The van der Waals surface area contributed by atoms with E-state index in [0.717, 1.165) is 15.8 Å². The molecule has 1 fully saturated rings. The van der Waals surface area contributed by atoms with E-state index in [1.54, 1.807) is 0 Å². The molecule has 1 aliphatic carbocycles. The Kier molecular flexibility index (Phi) is 8.69. The second kappa shape index (κ2) is 11.8. The van der Waals surface area contributed by atoms with Crippen molar-refractivity contribution >= 4 is 40.9 Å². The van der Waals surface area contributed by atoms with Crippen LogP contribution in [0.1, 0.15) is 63.7 Å². The molecular weight excluding hydrogens is 576 g/mol. The van der Waals surface area contributed by atoms with Crippen molar-refractivity contribution in [2.45, 2.75) is 44.4 Å². The molecule has 1 amide bonds. The Morgan fingerprint density at radius 1 is 1.05 bits per heavy atom. The maximum Gasteiger partial charge on any atom is 0.433 e. The number of aromatic nitrogens is 3. The average molecular weight is 599 g/mol. The minimum absolute atomic E-state index is 0.0944. The number of carboxylic acids is 1. The van der Waals surface area contributed by atoms with Gasteiger partial charge in [-0.15, -0.1) is 0 Å². The molecule has 1 aromatic carbocycles. The van der Waals surface area contributed by atoms with E-state index >= 15 is 0 Å². The van der Waals surface area contributed by atoms with E-state index in [2.05, 4.69) is 10.1 Å². The van der Waals surface area contributed by atoms with E-state index in [0.29, 0.717) is 5.56 Å². The largest absolute Gasteiger partial charge is 0.508 e. The van der Waals surface area contributed by atoms with Crippen LogP contribution in [0, 0.1) is 5.92 Å². The van der Waals surface area contributed by atoms with Crippen LogP contribution in [0.15, 0.2) is 42.9 Å². The zero-order chi connectivity index (χ0) is 29.2. The first-order valence-electron chi connectivity index (χ1n) is 12.1. The molecule has 0 spiro atoms. The van der Waals surface area contributed by atoms with Gasteiger partial charge in [-0.25, -0.2) is 0 Å². The summed E-state index contributed by atoms with van der Waals surface area (Å²) in [7, 11) is 0. The molecule has 0 saturated heterocycles. The lowest BCUT2D eigenvalue weighted by Gasteiger charge is -2.28. The standard InChI is InChI=1S/C26H23Cl2F3N4O5/c27-19-10-32-11-20(28)22(19)21(37)13-34(12-14-2-1-3-17(36)8-14)24(38)18-9-33-35(23(18)26(29,30)31)16-6-4-15(5-7-16)25(39)40/h1-3,8-11,15-16,36H,4-7,12-13H2,(H,39,40)/t15-,16-. The first-order valence-corrected chi connectivity index (χ1v) is 12.9. The van der Waals surface area contributed by atoms with Gasteiger partial charge in [-0.3, -0.25) is 24.0 Å². The monoisotopic (exact) mass is 598 g/mol. The van der Waals surface area contributed by atoms with Gasteiger partial charge in [0, 0.05) is 18.9 Å². The number of alkyl halides is 3. The number of pyridine rings is 1. The highest BCUT2D eigenvalue weighted by molar-refractivity contribution is 6.39. The van der Waals surface area contributed by atoms with E-state index in [1.807, 2.05) is 0 Å². The maximum atomic E-state index is 14.4. The highest BCUT2D eigenvalue weighted by Crippen LogP contribution is 2.39. The van der Waals surface area contributed by atoms with Gasteiger partial charge < -0.3 is 15.1 Å². The van der Waals surface area contributed by atoms with Crippen LogP contribution in [0.3, 0.4) is 0 Å². The van der Waals surface area contributed by atoms with Crippen LogP contribution >= 0.6 is 23.2 Å². The van der Waals surface area contributed by atoms with Crippen molar-refractivity contribution in [3.05, 3.63) is 75.3 Å². The quantitative estimate of drug-likeness (QED) is 0.321. The number of hydrogen-bond acceptors (Lipinski definition) is 6. The van der Waals surface area contributed by atoms with Crippen LogP contribution in [0.2, 0.25) is 10.0 Å². The lowest BCUT2D eigenvalue weighted by atomic mass is 9.86. The molecule has 1 aliphatic rings. The van der Waals surface area contributed by atoms with E-state index in [9.17, 15) is 37.8 Å². The molecule has 2 aromatic heterocycles. The number of aromatic hydroxyl groups is 1. The van der Waals surface area contributed by atoms with Crippen molar-refractivity contribution in [2.75, 3.05) is 6.54 Å². The molecule has 0 bridgehead atoms. The molecule has 40 heavy (non-hydrogen) atoms. The highest BCUT2D eigenvalue weighted by Gasteiger charge is 2.43. The molecule has 2 heterocycles. The van der Waals surface area contributed by atoms with Crippen molar-refractivity contribution in [1.82, 2.24) is 19.7 Å². The first-order chi connectivity index (χ1) is 18.9. The topological polar surface area (TPSA) is 126 Å². The minimum Gasteiger partial charge on any atom is -0.508 e. The van der Waals surface area contributed by atoms with Crippen molar-refractivity contribution in [3.63, 3.8) is 0 Å². The first kappa shape index (κ1) is 29.3. The van der Waals surface area contributed by atoms with Crippen LogP contribution in [0.25, 0.3) is 0 Å². The Bertz CT molecular complexity index is 1420. The molecule has 14 heteroatoms. The van der Waals surface area contributed by atoms with Crippen molar-refractivity contribution < 1.29 is 37.8 Å². The number of rotatable bonds is 8. The Morgan fingerprint density at radius 2 is 1.70 bits per heavy atom. The van der Waals surface area contributed by atoms with Gasteiger partial charge in [0.2, 0.25) is 0 Å². The van der Waals surface area contributed by atoms with Crippen LogP contribution < -0.4 is 0 Å². The number of nitrogens with zero attached hydrogens (tertiary/aromatic N) is 4. The number of Topliss-reactive ketones (excluding diaryl/α,β-unsaturated/α-hetero) is 1. The summed E-state index contributed by atoms with van der Waals surface area (Å²) in [6, 6.07) is 4.95. The fourth-order valence-electron chi connectivity index (χ4n) is 4.82. The summed E-state index contributed by atoms with van der Waals surface area (Å²) in [4.78, 5) is 42.8. The molecule has 3 aromatic rings. The lowest BCUT2D eigenvalue weighted by molar-refractivity contribution is -0.147. The molecule has 212 valence electrons. The van der Waals surface area contributed by atoms with Gasteiger partial charge in [0.1, 0.15) is 5.75 Å². The number of phenols is 1. The van der Waals surface area contributed by atoms with E-state index in [1.165, 1.54) is 36.7 Å². The van der Waals surface area contributed by atoms with Crippen molar-refractivity contribution in [2.24, 2.45) is 5.92 Å². The number of ketones is 1. The predicted molar refractivity (Wildman–Crippen MR) is 137 cm³/mol. The lowest BCUT2D eigenvalue weighted by Crippen LogP contribution is -2.37. The summed E-state index contributed by atoms with van der Waals surface area (Å²) in [5, 5.41) is 22.8. The zero-order valence-corrected chi connectivity index (χ0v) is 22.2. The van der Waals surface area contributed by atoms with Crippen LogP contribution in [-0.2, 0) is 17.5 Å². The van der Waals surface area contributed by atoms with Crippen LogP contribution in [0.5, 0.6) is 5.75 Å². The molecule has 0 aliphatic heterocycles. The van der Waals surface area contributed by atoms with Gasteiger partial charge >= 0.3 is 12.1 Å². The molecule has 0 unspecified atom stereocenters. The summed E-state index contributed by atoms with van der Waals surface area (Å²) >= 11 is 12.2. The van der Waals surface area contributed by atoms with Crippen LogP contribution in [-0.4, -0.2) is 54.1 Å². The number of phenolic OH excluding ortho intramolecular Hbond substituents is 1. The summed E-state index contributed by atoms with van der Waals surface area (Å²) in [5.74, 6) is -3.67. The van der Waals surface area contributed by atoms with Crippen LogP contribution in [0.4, 0.5) is 13.2 Å². The second-order valence-corrected chi connectivity index (χ2v) is 10.2. The molecule has 9 nitrogen and oxygen atoms in total. The summed E-state index contributed by atoms with van der Waals surface area (Å²) in [6.07, 6.45) is -1.21. The van der Waals surface area contributed by atoms with Crippen molar-refractivity contribution in [1.29, 1.82) is 0 Å². The number of halogens is 5. The number of carbonyl (C=O) groups is 3. The zero-order valence-electron chi connectivity index (χ0n) is 20.7. The van der Waals surface area contributed by atoms with Gasteiger partial charge in [-0.2, -0.15) is 18.3 Å². The molecule has 4 rings (SSSR count). The Hall–Kier alpha value is -3.64. The Labute approximate surface area is 236 Å². The fourth-order valence-corrected chi connectivity index (χ4v) is 5.40. The smallest absolute Gasteiger partial charge is 0.433 e. The third-order valence-electron chi connectivity index (χ3n) is 6.72. The number of aliphatic carboxylic acids is 1. The number of carboxylic acid groups (broad SMARTS) is 1. The van der Waals surface area contributed by atoms with Crippen molar-refractivity contribution in [3.8, 4) is 5.75 Å². The summed E-state index contributed by atoms with van der Waals surface area (Å²) in [5.41, 5.74) is -1.85. The second-order valence-electron chi connectivity index (χ2n) is 9.43. The van der Waals surface area contributed by atoms with Gasteiger partial charge in [0.25, 0.3) is 5.91 Å². The average Bonchev–Trinajstić information content (AvgIpc) is 3.34. The molecular formula is C26H23Cl2F3N4O5. The highest BCUT2D eigenvalue weighted by atomic mass is 35.5. The summed E-state index contributed by atoms with van der Waals surface area (Å²) in [6.45, 7) is -1.02. The van der Waals surface area contributed by atoms with Gasteiger partial charge in [-0.1, -0.05) is 35.3 Å². The van der Waals surface area contributed by atoms with Gasteiger partial charge in [0.05, 0.1) is 45.9 Å². The number of amides is 1. The van der Waals surface area contributed by atoms with Gasteiger partial charge in [0.15, 0.2) is 11.5 Å². The van der Waals surface area contributed by atoms with E-state index in [-0.39, 0.29) is 53.6 Å². The summed E-state index contributed by atoms with van der Waals surface area (Å²) < 4.78 is 43.8. The Balaban J connectivity index is 1.71.